The van der Waals surface area contributed by atoms with E-state index in [9.17, 15) is 9.59 Å². The van der Waals surface area contributed by atoms with E-state index in [1.54, 1.807) is 12.1 Å². The lowest BCUT2D eigenvalue weighted by atomic mass is 10.0. The largest absolute Gasteiger partial charge is 0.494 e. The normalized spacial score (nSPS) is 16.7. The SMILES string of the molecule is CCOc1ccc2nc(NC(=O)Nc3ccc4c(c3)C=CC(C)(COC(C)=O)O4)sc2c1. The second kappa shape index (κ2) is 8.88. The van der Waals surface area contributed by atoms with Crippen molar-refractivity contribution in [3.63, 3.8) is 0 Å². The maximum atomic E-state index is 12.5. The fraction of sp³-hybridized carbons (Fsp3) is 0.261. The molecule has 0 saturated heterocycles. The molecule has 0 radical (unpaired) electrons. The van der Waals surface area contributed by atoms with Crippen LogP contribution in [0.1, 0.15) is 26.3 Å². The molecule has 1 aromatic heterocycles. The van der Waals surface area contributed by atoms with Crippen molar-refractivity contribution in [1.29, 1.82) is 0 Å². The maximum absolute atomic E-state index is 12.5. The Morgan fingerprint density at radius 3 is 2.81 bits per heavy atom. The number of amides is 2. The molecule has 0 spiro atoms. The van der Waals surface area contributed by atoms with Crippen LogP contribution in [0.2, 0.25) is 0 Å². The number of benzene rings is 2. The standard InChI is InChI=1S/C23H23N3O5S/c1-4-29-17-6-7-18-20(12-17)32-22(25-18)26-21(28)24-16-5-8-19-15(11-16)9-10-23(3,31-19)13-30-14(2)27/h5-12H,4,13H2,1-3H3,(H2,24,25,26,28). The average Bonchev–Trinajstić information content (AvgIpc) is 3.14. The molecule has 4 rings (SSSR count). The molecule has 3 aromatic rings. The summed E-state index contributed by atoms with van der Waals surface area (Å²) in [6.07, 6.45) is 3.72. The van der Waals surface area contributed by atoms with Gasteiger partial charge in [0.05, 0.1) is 16.8 Å². The van der Waals surface area contributed by atoms with Gasteiger partial charge in [0.1, 0.15) is 18.1 Å². The Balaban J connectivity index is 1.41. The average molecular weight is 454 g/mol. The first-order valence-corrected chi connectivity index (χ1v) is 10.9. The van der Waals surface area contributed by atoms with Gasteiger partial charge in [-0.15, -0.1) is 0 Å². The Hall–Kier alpha value is -3.59. The van der Waals surface area contributed by atoms with E-state index in [0.29, 0.717) is 23.2 Å². The number of hydrogen-bond acceptors (Lipinski definition) is 7. The van der Waals surface area contributed by atoms with E-state index in [2.05, 4.69) is 15.6 Å². The number of urea groups is 1. The summed E-state index contributed by atoms with van der Waals surface area (Å²) in [5, 5.41) is 6.08. The van der Waals surface area contributed by atoms with Gasteiger partial charge in [0, 0.05) is 18.2 Å². The van der Waals surface area contributed by atoms with Crippen LogP contribution in [0.25, 0.3) is 16.3 Å². The number of aromatic nitrogens is 1. The van der Waals surface area contributed by atoms with E-state index in [4.69, 9.17) is 14.2 Å². The minimum Gasteiger partial charge on any atom is -0.494 e. The van der Waals surface area contributed by atoms with E-state index in [-0.39, 0.29) is 12.6 Å². The number of nitrogens with one attached hydrogen (secondary N) is 2. The molecule has 0 aliphatic carbocycles. The molecule has 0 bridgehead atoms. The minimum atomic E-state index is -0.736. The highest BCUT2D eigenvalue weighted by Crippen LogP contribution is 2.33. The molecule has 1 aliphatic rings. The molecule has 2 aromatic carbocycles. The highest BCUT2D eigenvalue weighted by Gasteiger charge is 2.29. The zero-order chi connectivity index (χ0) is 22.7. The van der Waals surface area contributed by atoms with Crippen LogP contribution >= 0.6 is 11.3 Å². The van der Waals surface area contributed by atoms with Crippen molar-refractivity contribution in [1.82, 2.24) is 4.98 Å². The number of rotatable bonds is 6. The molecule has 2 amide bonds. The first-order chi connectivity index (χ1) is 15.3. The second-order valence-corrected chi connectivity index (χ2v) is 8.47. The van der Waals surface area contributed by atoms with Crippen LogP contribution in [-0.2, 0) is 9.53 Å². The molecular weight excluding hydrogens is 430 g/mol. The summed E-state index contributed by atoms with van der Waals surface area (Å²) < 4.78 is 17.5. The van der Waals surface area contributed by atoms with Crippen molar-refractivity contribution in [2.24, 2.45) is 0 Å². The third kappa shape index (κ3) is 5.00. The Morgan fingerprint density at radius 2 is 2.03 bits per heavy atom. The topological polar surface area (TPSA) is 98.8 Å². The Kier molecular flexibility index (Phi) is 6.00. The first-order valence-electron chi connectivity index (χ1n) is 10.1. The van der Waals surface area contributed by atoms with Crippen molar-refractivity contribution in [2.45, 2.75) is 26.4 Å². The van der Waals surface area contributed by atoms with Gasteiger partial charge in [0.2, 0.25) is 0 Å². The number of nitrogens with zero attached hydrogens (tertiary/aromatic N) is 1. The van der Waals surface area contributed by atoms with E-state index in [0.717, 1.165) is 21.5 Å². The Morgan fingerprint density at radius 1 is 1.19 bits per heavy atom. The van der Waals surface area contributed by atoms with Gasteiger partial charge in [-0.2, -0.15) is 0 Å². The molecule has 1 unspecified atom stereocenters. The number of esters is 1. The number of ether oxygens (including phenoxy) is 3. The van der Waals surface area contributed by atoms with Gasteiger partial charge < -0.3 is 19.5 Å². The van der Waals surface area contributed by atoms with Crippen LogP contribution in [0.3, 0.4) is 0 Å². The summed E-state index contributed by atoms with van der Waals surface area (Å²) in [6, 6.07) is 10.6. The zero-order valence-corrected chi connectivity index (χ0v) is 18.7. The molecule has 0 saturated carbocycles. The molecule has 1 atom stereocenters. The number of anilines is 2. The lowest BCUT2D eigenvalue weighted by Crippen LogP contribution is -2.37. The molecule has 1 aliphatic heterocycles. The van der Waals surface area contributed by atoms with E-state index < -0.39 is 11.6 Å². The number of thiazole rings is 1. The van der Waals surface area contributed by atoms with Gasteiger partial charge >= 0.3 is 12.0 Å². The smallest absolute Gasteiger partial charge is 0.325 e. The fourth-order valence-electron chi connectivity index (χ4n) is 3.20. The summed E-state index contributed by atoms with van der Waals surface area (Å²) in [4.78, 5) is 28.0. The fourth-order valence-corrected chi connectivity index (χ4v) is 4.09. The van der Waals surface area contributed by atoms with Crippen LogP contribution < -0.4 is 20.1 Å². The van der Waals surface area contributed by atoms with Crippen molar-refractivity contribution in [3.8, 4) is 11.5 Å². The quantitative estimate of drug-likeness (QED) is 0.506. The predicted octanol–water partition coefficient (Wildman–Crippen LogP) is 5.07. The number of carbonyl (C=O) groups is 2. The van der Waals surface area contributed by atoms with Gasteiger partial charge in [-0.1, -0.05) is 17.4 Å². The van der Waals surface area contributed by atoms with Crippen molar-refractivity contribution < 1.29 is 23.8 Å². The molecule has 0 fully saturated rings. The molecule has 9 heteroatoms. The lowest BCUT2D eigenvalue weighted by molar-refractivity contribution is -0.145. The molecule has 2 heterocycles. The van der Waals surface area contributed by atoms with Crippen LogP contribution in [0, 0.1) is 0 Å². The highest BCUT2D eigenvalue weighted by molar-refractivity contribution is 7.22. The summed E-state index contributed by atoms with van der Waals surface area (Å²) >= 11 is 1.38. The second-order valence-electron chi connectivity index (χ2n) is 7.44. The van der Waals surface area contributed by atoms with Crippen LogP contribution in [0.15, 0.2) is 42.5 Å². The van der Waals surface area contributed by atoms with E-state index in [1.807, 2.05) is 50.3 Å². The van der Waals surface area contributed by atoms with Crippen LogP contribution in [0.4, 0.5) is 15.6 Å². The summed E-state index contributed by atoms with van der Waals surface area (Å²) in [7, 11) is 0. The van der Waals surface area contributed by atoms with Gasteiger partial charge in [-0.3, -0.25) is 10.1 Å². The Bertz CT molecular complexity index is 1210. The summed E-state index contributed by atoms with van der Waals surface area (Å²) in [5.74, 6) is 1.06. The number of hydrogen-bond donors (Lipinski definition) is 2. The van der Waals surface area contributed by atoms with Gasteiger partial charge in [-0.25, -0.2) is 9.78 Å². The molecule has 2 N–H and O–H groups in total. The predicted molar refractivity (Wildman–Crippen MR) is 125 cm³/mol. The van der Waals surface area contributed by atoms with Crippen LogP contribution in [-0.4, -0.2) is 35.8 Å². The number of carbonyl (C=O) groups excluding carboxylic acids is 2. The maximum Gasteiger partial charge on any atom is 0.325 e. The van der Waals surface area contributed by atoms with Crippen molar-refractivity contribution in [2.75, 3.05) is 23.8 Å². The first kappa shape index (κ1) is 21.6. The van der Waals surface area contributed by atoms with Gasteiger partial charge in [0.25, 0.3) is 0 Å². The molecule has 32 heavy (non-hydrogen) atoms. The zero-order valence-electron chi connectivity index (χ0n) is 17.9. The van der Waals surface area contributed by atoms with Crippen molar-refractivity contribution >= 4 is 50.4 Å². The molecule has 166 valence electrons. The third-order valence-corrected chi connectivity index (χ3v) is 5.61. The number of fused-ring (bicyclic) bond motifs is 2. The Labute approximate surface area is 189 Å². The van der Waals surface area contributed by atoms with E-state index >= 15 is 0 Å². The molecular formula is C23H23N3O5S. The van der Waals surface area contributed by atoms with E-state index in [1.165, 1.54) is 18.3 Å². The molecule has 8 nitrogen and oxygen atoms in total. The van der Waals surface area contributed by atoms with Crippen molar-refractivity contribution in [3.05, 3.63) is 48.0 Å². The summed E-state index contributed by atoms with van der Waals surface area (Å²) in [6.45, 7) is 5.83. The highest BCUT2D eigenvalue weighted by atomic mass is 32.1. The lowest BCUT2D eigenvalue weighted by Gasteiger charge is -2.31. The summed E-state index contributed by atoms with van der Waals surface area (Å²) in [5.41, 5.74) is 1.48. The third-order valence-electron chi connectivity index (χ3n) is 4.68. The monoisotopic (exact) mass is 453 g/mol. The van der Waals surface area contributed by atoms with Gasteiger partial charge in [0.15, 0.2) is 10.7 Å². The van der Waals surface area contributed by atoms with Crippen LogP contribution in [0.5, 0.6) is 11.5 Å². The van der Waals surface area contributed by atoms with Gasteiger partial charge in [-0.05, 0) is 56.3 Å². The minimum absolute atomic E-state index is 0.120.